The topological polar surface area (TPSA) is 99.0 Å². The van der Waals surface area contributed by atoms with Crippen molar-refractivity contribution in [1.82, 2.24) is 19.5 Å². The molecular formula is C24H26ClN5O3S2. The molecule has 35 heavy (non-hydrogen) atoms. The molecule has 4 heterocycles. The minimum atomic E-state index is -3.55. The van der Waals surface area contributed by atoms with Gasteiger partial charge in [0.05, 0.1) is 22.0 Å². The first kappa shape index (κ1) is 24.2. The second kappa shape index (κ2) is 9.16. The summed E-state index contributed by atoms with van der Waals surface area (Å²) >= 11 is 7.95. The lowest BCUT2D eigenvalue weighted by molar-refractivity contribution is -0.0309. The van der Waals surface area contributed by atoms with E-state index in [0.717, 1.165) is 46.2 Å². The van der Waals surface area contributed by atoms with Gasteiger partial charge in [-0.05, 0) is 58.2 Å². The van der Waals surface area contributed by atoms with E-state index >= 15 is 0 Å². The van der Waals surface area contributed by atoms with Gasteiger partial charge in [-0.3, -0.25) is 4.57 Å². The Morgan fingerprint density at radius 1 is 1.11 bits per heavy atom. The molecule has 1 fully saturated rings. The summed E-state index contributed by atoms with van der Waals surface area (Å²) in [6.45, 7) is 6.55. The molecule has 1 aromatic carbocycles. The molecule has 1 aliphatic heterocycles. The number of nitrogens with zero attached hydrogens (tertiary/aromatic N) is 4. The fourth-order valence-electron chi connectivity index (χ4n) is 4.32. The third-order valence-electron chi connectivity index (χ3n) is 6.16. The van der Waals surface area contributed by atoms with Gasteiger partial charge in [0.1, 0.15) is 27.7 Å². The molecule has 1 N–H and O–H groups in total. The molecule has 184 valence electrons. The van der Waals surface area contributed by atoms with Crippen molar-refractivity contribution in [2.45, 2.75) is 51.2 Å². The van der Waals surface area contributed by atoms with Crippen LogP contribution in [0, 0.1) is 20.8 Å². The normalized spacial score (nSPS) is 16.7. The van der Waals surface area contributed by atoms with Crippen molar-refractivity contribution in [1.29, 1.82) is 0 Å². The number of hydrogen-bond acceptors (Lipinski definition) is 8. The van der Waals surface area contributed by atoms with Gasteiger partial charge in [0, 0.05) is 29.4 Å². The lowest BCUT2D eigenvalue weighted by Gasteiger charge is -2.25. The first-order chi connectivity index (χ1) is 16.6. The van der Waals surface area contributed by atoms with E-state index in [1.165, 1.54) is 6.26 Å². The molecule has 0 aliphatic carbocycles. The summed E-state index contributed by atoms with van der Waals surface area (Å²) in [5, 5.41) is 4.33. The molecule has 4 aromatic rings. The monoisotopic (exact) mass is 531 g/mol. The summed E-state index contributed by atoms with van der Waals surface area (Å²) in [5.74, 6) is 0.762. The number of rotatable bonds is 5. The van der Waals surface area contributed by atoms with Crippen molar-refractivity contribution >= 4 is 55.3 Å². The number of hydrogen-bond donors (Lipinski definition) is 1. The molecule has 0 radical (unpaired) electrons. The molecule has 8 nitrogen and oxygen atoms in total. The van der Waals surface area contributed by atoms with E-state index in [1.807, 2.05) is 31.4 Å². The quantitative estimate of drug-likeness (QED) is 0.316. The molecule has 1 saturated heterocycles. The summed E-state index contributed by atoms with van der Waals surface area (Å²) in [6.07, 6.45) is 4.03. The molecule has 0 spiro atoms. The van der Waals surface area contributed by atoms with Crippen molar-refractivity contribution in [3.05, 3.63) is 45.8 Å². The van der Waals surface area contributed by atoms with Gasteiger partial charge in [0.15, 0.2) is 15.5 Å². The molecule has 1 aliphatic rings. The zero-order chi connectivity index (χ0) is 24.9. The number of benzene rings is 1. The van der Waals surface area contributed by atoms with Crippen LogP contribution in [0.3, 0.4) is 0 Å². The molecule has 0 amide bonds. The van der Waals surface area contributed by atoms with E-state index in [1.54, 1.807) is 29.5 Å². The number of aromatic nitrogens is 4. The molecule has 3 aromatic heterocycles. The van der Waals surface area contributed by atoms with Gasteiger partial charge in [-0.25, -0.2) is 23.4 Å². The summed E-state index contributed by atoms with van der Waals surface area (Å²) < 4.78 is 33.5. The van der Waals surface area contributed by atoms with Crippen LogP contribution in [0.4, 0.5) is 11.4 Å². The second-order valence-corrected chi connectivity index (χ2v) is 12.4. The van der Waals surface area contributed by atoms with E-state index in [2.05, 4.69) is 15.3 Å². The van der Waals surface area contributed by atoms with Crippen LogP contribution in [0.2, 0.25) is 5.15 Å². The number of fused-ring (bicyclic) bond motifs is 1. The number of anilines is 2. The number of sulfone groups is 1. The van der Waals surface area contributed by atoms with Crippen LogP contribution < -0.4 is 5.32 Å². The number of nitrogens with one attached hydrogen (secondary N) is 1. The third kappa shape index (κ3) is 4.67. The summed E-state index contributed by atoms with van der Waals surface area (Å²) in [5.41, 5.74) is 3.92. The van der Waals surface area contributed by atoms with Crippen LogP contribution in [0.1, 0.15) is 41.9 Å². The molecule has 11 heteroatoms. The van der Waals surface area contributed by atoms with Crippen molar-refractivity contribution in [3.8, 4) is 10.6 Å². The van der Waals surface area contributed by atoms with E-state index in [-0.39, 0.29) is 16.3 Å². The van der Waals surface area contributed by atoms with E-state index in [4.69, 9.17) is 21.3 Å². The van der Waals surface area contributed by atoms with Crippen molar-refractivity contribution in [3.63, 3.8) is 0 Å². The van der Waals surface area contributed by atoms with Gasteiger partial charge in [-0.15, -0.1) is 11.3 Å². The third-order valence-corrected chi connectivity index (χ3v) is 8.62. The lowest BCUT2D eigenvalue weighted by atomic mass is 10.2. The Morgan fingerprint density at radius 3 is 2.57 bits per heavy atom. The zero-order valence-corrected chi connectivity index (χ0v) is 22.3. The Kier molecular flexibility index (Phi) is 6.33. The highest BCUT2D eigenvalue weighted by atomic mass is 35.5. The van der Waals surface area contributed by atoms with Crippen LogP contribution in [0.15, 0.2) is 29.2 Å². The van der Waals surface area contributed by atoms with Crippen molar-refractivity contribution < 1.29 is 13.2 Å². The maximum atomic E-state index is 12.8. The predicted molar refractivity (Wildman–Crippen MR) is 140 cm³/mol. The number of thiazole rings is 1. The van der Waals surface area contributed by atoms with Crippen LogP contribution in [-0.4, -0.2) is 40.8 Å². The summed E-state index contributed by atoms with van der Waals surface area (Å²) in [6, 6.07) is 6.95. The Labute approximate surface area is 213 Å². The lowest BCUT2D eigenvalue weighted by Crippen LogP contribution is -2.19. The van der Waals surface area contributed by atoms with Gasteiger partial charge in [-0.1, -0.05) is 11.6 Å². The number of halogens is 1. The average molecular weight is 532 g/mol. The molecular weight excluding hydrogens is 506 g/mol. The fourth-order valence-corrected chi connectivity index (χ4v) is 6.28. The average Bonchev–Trinajstić information content (AvgIpc) is 3.32. The standard InChI is InChI=1S/C24H26ClN5O3S2/c1-13-14(2)34-24(26-13)16-8-9-17(19(11-16)35(4,31)32)28-18-12-20(25)29-23-22(18)27-15(3)30(23)21-7-5-6-10-33-21/h8-9,11-12,21H,5-7,10H2,1-4H3,(H,28,29). The highest BCUT2D eigenvalue weighted by molar-refractivity contribution is 7.90. The smallest absolute Gasteiger partial charge is 0.177 e. The Morgan fingerprint density at radius 2 is 1.91 bits per heavy atom. The second-order valence-electron chi connectivity index (χ2n) is 8.78. The minimum Gasteiger partial charge on any atom is -0.358 e. The first-order valence-corrected chi connectivity index (χ1v) is 14.4. The Balaban J connectivity index is 1.60. The molecule has 0 bridgehead atoms. The Bertz CT molecular complexity index is 1520. The number of pyridine rings is 1. The molecule has 0 saturated carbocycles. The number of imidazole rings is 1. The highest BCUT2D eigenvalue weighted by Crippen LogP contribution is 2.36. The number of aryl methyl sites for hydroxylation is 3. The Hall–Kier alpha value is -2.53. The molecule has 5 rings (SSSR count). The predicted octanol–water partition coefficient (Wildman–Crippen LogP) is 5.98. The SMILES string of the molecule is Cc1nc(-c2ccc(Nc3cc(Cl)nc4c3nc(C)n4C3CCCCO3)c(S(C)(=O)=O)c2)sc1C. The van der Waals surface area contributed by atoms with E-state index in [0.29, 0.717) is 29.1 Å². The van der Waals surface area contributed by atoms with Gasteiger partial charge in [-0.2, -0.15) is 0 Å². The number of ether oxygens (including phenoxy) is 1. The highest BCUT2D eigenvalue weighted by Gasteiger charge is 2.24. The van der Waals surface area contributed by atoms with Gasteiger partial charge in [0.2, 0.25) is 0 Å². The van der Waals surface area contributed by atoms with Crippen LogP contribution in [0.25, 0.3) is 21.7 Å². The molecule has 1 unspecified atom stereocenters. The van der Waals surface area contributed by atoms with Crippen LogP contribution in [-0.2, 0) is 14.6 Å². The zero-order valence-electron chi connectivity index (χ0n) is 19.9. The maximum absolute atomic E-state index is 12.8. The van der Waals surface area contributed by atoms with Crippen molar-refractivity contribution in [2.24, 2.45) is 0 Å². The first-order valence-electron chi connectivity index (χ1n) is 11.3. The largest absolute Gasteiger partial charge is 0.358 e. The van der Waals surface area contributed by atoms with Crippen LogP contribution >= 0.6 is 22.9 Å². The maximum Gasteiger partial charge on any atom is 0.177 e. The van der Waals surface area contributed by atoms with Gasteiger partial charge >= 0.3 is 0 Å². The molecule has 1 atom stereocenters. The van der Waals surface area contributed by atoms with Crippen LogP contribution in [0.5, 0.6) is 0 Å². The fraction of sp³-hybridized carbons (Fsp3) is 0.375. The van der Waals surface area contributed by atoms with Gasteiger partial charge in [0.25, 0.3) is 0 Å². The summed E-state index contributed by atoms with van der Waals surface area (Å²) in [7, 11) is -3.55. The van der Waals surface area contributed by atoms with Crippen molar-refractivity contribution in [2.75, 3.05) is 18.2 Å². The van der Waals surface area contributed by atoms with E-state index in [9.17, 15) is 8.42 Å². The van der Waals surface area contributed by atoms with Gasteiger partial charge < -0.3 is 10.1 Å². The summed E-state index contributed by atoms with van der Waals surface area (Å²) in [4.78, 5) is 15.1. The minimum absolute atomic E-state index is 0.149. The van der Waals surface area contributed by atoms with E-state index < -0.39 is 9.84 Å².